The van der Waals surface area contributed by atoms with Crippen LogP contribution in [0.5, 0.6) is 0 Å². The third kappa shape index (κ3) is 4.51. The van der Waals surface area contributed by atoms with Gasteiger partial charge in [-0.1, -0.05) is 43.0 Å². The molecule has 3 unspecified atom stereocenters. The van der Waals surface area contributed by atoms with Crippen LogP contribution < -0.4 is 0 Å². The van der Waals surface area contributed by atoms with Gasteiger partial charge in [0.2, 0.25) is 0 Å². The van der Waals surface area contributed by atoms with Crippen LogP contribution in [0.3, 0.4) is 0 Å². The third-order valence-electron chi connectivity index (χ3n) is 4.78. The molecule has 3 atom stereocenters. The number of Topliss-reactive ketones (excluding diaryl/α,β-unsaturated/α-hetero) is 1. The Bertz CT molecular complexity index is 586. The highest BCUT2D eigenvalue weighted by molar-refractivity contribution is 7.00. The predicted molar refractivity (Wildman–Crippen MR) is 99.7 cm³/mol. The number of aryl methyl sites for hydroxylation is 3. The molecule has 0 saturated carbocycles. The van der Waals surface area contributed by atoms with Crippen molar-refractivity contribution in [2.45, 2.75) is 54.9 Å². The van der Waals surface area contributed by atoms with E-state index in [1.807, 2.05) is 53.7 Å². The first-order chi connectivity index (χ1) is 11.1. The lowest BCUT2D eigenvalue weighted by atomic mass is 9.66. The van der Waals surface area contributed by atoms with Crippen molar-refractivity contribution in [1.29, 1.82) is 0 Å². The minimum absolute atomic E-state index is 0.0337. The largest absolute Gasteiger partial charge is 0.481 e. The van der Waals surface area contributed by atoms with Crippen LogP contribution >= 0.6 is 9.12 Å². The molecule has 0 saturated heterocycles. The van der Waals surface area contributed by atoms with Gasteiger partial charge in [-0.15, -0.1) is 0 Å². The Morgan fingerprint density at radius 2 is 1.54 bits per heavy atom. The van der Waals surface area contributed by atoms with Gasteiger partial charge in [-0.2, -0.15) is 0 Å². The summed E-state index contributed by atoms with van der Waals surface area (Å²) in [6, 6.07) is 3.98. The highest BCUT2D eigenvalue weighted by atomic mass is 31.0. The zero-order chi connectivity index (χ0) is 19.2. The number of ketones is 1. The number of rotatable bonds is 6. The molecule has 24 heavy (non-hydrogen) atoms. The van der Waals surface area contributed by atoms with E-state index >= 15 is 0 Å². The molecular formula is C19H30O4P+. The van der Waals surface area contributed by atoms with E-state index in [-0.39, 0.29) is 11.7 Å². The molecule has 0 amide bonds. The monoisotopic (exact) mass is 353 g/mol. The number of carbonyl (C=O) groups is 2. The molecule has 4 nitrogen and oxygen atoms in total. The quantitative estimate of drug-likeness (QED) is 0.590. The minimum atomic E-state index is -1.05. The molecule has 1 aromatic carbocycles. The summed E-state index contributed by atoms with van der Waals surface area (Å²) in [7, 11) is 1.17. The molecule has 0 aliphatic heterocycles. The molecule has 0 heterocycles. The first kappa shape index (κ1) is 22.5. The molecule has 0 aromatic heterocycles. The number of carbonyl (C=O) groups excluding carboxylic acids is 1. The molecule has 0 radical (unpaired) electrons. The van der Waals surface area contributed by atoms with E-state index in [4.69, 9.17) is 4.57 Å². The van der Waals surface area contributed by atoms with E-state index in [1.54, 1.807) is 6.92 Å². The summed E-state index contributed by atoms with van der Waals surface area (Å²) in [5, 5.41) is 9.68. The van der Waals surface area contributed by atoms with Crippen molar-refractivity contribution >= 4 is 20.9 Å². The van der Waals surface area contributed by atoms with Crippen LogP contribution in [-0.2, 0) is 9.36 Å². The number of hydrogen-bond acceptors (Lipinski definition) is 3. The highest BCUT2D eigenvalue weighted by Crippen LogP contribution is 2.39. The maximum Gasteiger partial charge on any atom is 0.310 e. The van der Waals surface area contributed by atoms with E-state index < -0.39 is 17.3 Å². The Balaban J connectivity index is 0.00000254. The lowest BCUT2D eigenvalue weighted by Gasteiger charge is -2.35. The summed E-state index contributed by atoms with van der Waals surface area (Å²) >= 11 is 0. The van der Waals surface area contributed by atoms with Gasteiger partial charge in [0.05, 0.1) is 5.41 Å². The smallest absolute Gasteiger partial charge is 0.310 e. The molecule has 0 spiro atoms. The lowest BCUT2D eigenvalue weighted by molar-refractivity contribution is -0.151. The van der Waals surface area contributed by atoms with Crippen LogP contribution in [0.4, 0.5) is 0 Å². The number of benzene rings is 1. The number of hydrogen-bond donors (Lipinski definition) is 1. The van der Waals surface area contributed by atoms with E-state index in [0.717, 1.165) is 16.7 Å². The maximum absolute atomic E-state index is 13.2. The molecular weight excluding hydrogens is 323 g/mol. The molecule has 1 N–H and O–H groups in total. The van der Waals surface area contributed by atoms with Crippen LogP contribution in [0.25, 0.3) is 0 Å². The van der Waals surface area contributed by atoms with E-state index in [1.165, 1.54) is 9.12 Å². The second-order valence-corrected chi connectivity index (χ2v) is 6.94. The van der Waals surface area contributed by atoms with Gasteiger partial charge < -0.3 is 5.11 Å². The third-order valence-corrected chi connectivity index (χ3v) is 4.78. The van der Waals surface area contributed by atoms with Crippen molar-refractivity contribution in [3.8, 4) is 0 Å². The molecule has 0 aliphatic carbocycles. The molecule has 0 bridgehead atoms. The van der Waals surface area contributed by atoms with E-state index in [2.05, 4.69) is 0 Å². The van der Waals surface area contributed by atoms with Gasteiger partial charge in [0.1, 0.15) is 0 Å². The van der Waals surface area contributed by atoms with Crippen LogP contribution in [0.1, 0.15) is 61.2 Å². The first-order valence-electron chi connectivity index (χ1n) is 8.15. The van der Waals surface area contributed by atoms with Gasteiger partial charge in [-0.05, 0) is 51.2 Å². The molecule has 5 heteroatoms. The first-order valence-corrected chi connectivity index (χ1v) is 8.62. The van der Waals surface area contributed by atoms with Crippen molar-refractivity contribution in [2.24, 2.45) is 17.3 Å². The van der Waals surface area contributed by atoms with Crippen LogP contribution in [0.15, 0.2) is 12.1 Å². The number of aliphatic carboxylic acids is 1. The zero-order valence-electron chi connectivity index (χ0n) is 15.8. The van der Waals surface area contributed by atoms with Gasteiger partial charge in [0, 0.05) is 11.5 Å². The van der Waals surface area contributed by atoms with E-state index in [9.17, 15) is 14.7 Å². The SMILES string of the molecule is CCC(C)(C(=O)O)C(C(=O)c1c(C)cc(C)cc1C)C(C)C.O=[PH2+]. The van der Waals surface area contributed by atoms with Crippen molar-refractivity contribution in [2.75, 3.05) is 0 Å². The molecule has 0 fully saturated rings. The fourth-order valence-corrected chi connectivity index (χ4v) is 3.56. The predicted octanol–water partition coefficient (Wildman–Crippen LogP) is 4.77. The minimum Gasteiger partial charge on any atom is -0.481 e. The van der Waals surface area contributed by atoms with Crippen molar-refractivity contribution < 1.29 is 19.3 Å². The summed E-state index contributed by atoms with van der Waals surface area (Å²) in [6.45, 7) is 13.2. The normalized spacial score (nSPS) is 14.3. The van der Waals surface area contributed by atoms with Gasteiger partial charge in [0.15, 0.2) is 5.78 Å². The standard InChI is InChI=1S/C19H28O3.H2OP/c1-8-19(7,18(21)22)16(11(2)3)17(20)15-13(5)9-12(4)10-14(15)6;1-2/h9-11,16H,8H2,1-7H3,(H,21,22);2H2/q;+1. The average molecular weight is 353 g/mol. The van der Waals surface area contributed by atoms with Gasteiger partial charge in [-0.3, -0.25) is 9.59 Å². The Hall–Kier alpha value is -1.54. The fourth-order valence-electron chi connectivity index (χ4n) is 3.56. The summed E-state index contributed by atoms with van der Waals surface area (Å²) in [6.07, 6.45) is 0.431. The van der Waals surface area contributed by atoms with Crippen LogP contribution in [-0.4, -0.2) is 16.9 Å². The summed E-state index contributed by atoms with van der Waals surface area (Å²) < 4.78 is 8.17. The number of carboxylic acid groups (broad SMARTS) is 1. The van der Waals surface area contributed by atoms with Crippen LogP contribution in [0.2, 0.25) is 0 Å². The summed E-state index contributed by atoms with van der Waals surface area (Å²) in [5.41, 5.74) is 2.61. The topological polar surface area (TPSA) is 71.4 Å². The van der Waals surface area contributed by atoms with Gasteiger partial charge >= 0.3 is 15.1 Å². The summed E-state index contributed by atoms with van der Waals surface area (Å²) in [5.74, 6) is -1.51. The molecule has 0 aliphatic rings. The Morgan fingerprint density at radius 1 is 1.12 bits per heavy atom. The van der Waals surface area contributed by atoms with Crippen LogP contribution in [0, 0.1) is 38.0 Å². The highest BCUT2D eigenvalue weighted by Gasteiger charge is 2.46. The second-order valence-electron chi connectivity index (χ2n) is 6.94. The number of carboxylic acids is 1. The molecule has 1 aromatic rings. The Morgan fingerprint density at radius 3 is 1.83 bits per heavy atom. The lowest BCUT2D eigenvalue weighted by Crippen LogP contribution is -2.43. The second kappa shape index (κ2) is 9.08. The molecule has 1 rings (SSSR count). The summed E-state index contributed by atoms with van der Waals surface area (Å²) in [4.78, 5) is 25.0. The Labute approximate surface area is 147 Å². The van der Waals surface area contributed by atoms with Gasteiger partial charge in [-0.25, -0.2) is 0 Å². The van der Waals surface area contributed by atoms with Crippen molar-refractivity contribution in [3.05, 3.63) is 34.4 Å². The molecule has 134 valence electrons. The van der Waals surface area contributed by atoms with Crippen molar-refractivity contribution in [3.63, 3.8) is 0 Å². The zero-order valence-corrected chi connectivity index (χ0v) is 16.9. The average Bonchev–Trinajstić information content (AvgIpc) is 2.47. The van der Waals surface area contributed by atoms with E-state index in [0.29, 0.717) is 12.0 Å². The Kier molecular flexibility index (Phi) is 8.49. The fraction of sp³-hybridized carbons (Fsp3) is 0.579. The van der Waals surface area contributed by atoms with Crippen molar-refractivity contribution in [1.82, 2.24) is 0 Å². The maximum atomic E-state index is 13.2. The van der Waals surface area contributed by atoms with Gasteiger partial charge in [0.25, 0.3) is 0 Å².